The number of methoxy groups -OCH3 is 3. The van der Waals surface area contributed by atoms with Crippen LogP contribution in [0.3, 0.4) is 0 Å². The number of ether oxygens (including phenoxy) is 3. The van der Waals surface area contributed by atoms with Gasteiger partial charge in [0.15, 0.2) is 0 Å². The van der Waals surface area contributed by atoms with Gasteiger partial charge in [-0.15, -0.1) is 11.3 Å². The average Bonchev–Trinajstić information content (AvgIpc) is 3.38. The third-order valence-corrected chi connectivity index (χ3v) is 7.04. The van der Waals surface area contributed by atoms with Crippen molar-refractivity contribution in [2.24, 2.45) is 0 Å². The molecular weight excluding hydrogens is 478 g/mol. The number of amides is 1. The number of ketones is 1. The van der Waals surface area contributed by atoms with E-state index in [9.17, 15) is 14.7 Å². The number of nitrogens with zero attached hydrogens (tertiary/aromatic N) is 1. The van der Waals surface area contributed by atoms with Crippen LogP contribution in [-0.4, -0.2) is 38.1 Å². The number of anilines is 1. The summed E-state index contributed by atoms with van der Waals surface area (Å²) in [7, 11) is 4.44. The molecule has 1 unspecified atom stereocenters. The van der Waals surface area contributed by atoms with Gasteiger partial charge in [0.05, 0.1) is 37.5 Å². The summed E-state index contributed by atoms with van der Waals surface area (Å²) in [5.74, 6) is -0.712. The van der Waals surface area contributed by atoms with Crippen LogP contribution < -0.4 is 19.1 Å². The molecule has 1 aromatic heterocycles. The van der Waals surface area contributed by atoms with Crippen molar-refractivity contribution in [3.63, 3.8) is 0 Å². The van der Waals surface area contributed by atoms with Gasteiger partial charge in [-0.3, -0.25) is 14.5 Å². The van der Waals surface area contributed by atoms with Crippen molar-refractivity contribution in [2.45, 2.75) is 13.0 Å². The summed E-state index contributed by atoms with van der Waals surface area (Å²) >= 11 is 7.72. The zero-order valence-corrected chi connectivity index (χ0v) is 20.5. The highest BCUT2D eigenvalue weighted by Crippen LogP contribution is 2.46. The SMILES string of the molecule is COc1ccc(OC)c(/C(O)=C2/C(=O)C(=O)N(c3ccc(OC)c(Cl)c3)C2c2sccc2C)c1. The number of benzene rings is 2. The van der Waals surface area contributed by atoms with Crippen molar-refractivity contribution in [3.05, 3.63) is 74.4 Å². The first-order valence-corrected chi connectivity index (χ1v) is 11.5. The molecule has 0 bridgehead atoms. The van der Waals surface area contributed by atoms with Crippen molar-refractivity contribution in [1.82, 2.24) is 0 Å². The van der Waals surface area contributed by atoms with Crippen LogP contribution in [-0.2, 0) is 9.59 Å². The summed E-state index contributed by atoms with van der Waals surface area (Å²) in [5, 5.41) is 13.6. The summed E-state index contributed by atoms with van der Waals surface area (Å²) in [6.45, 7) is 1.89. The predicted molar refractivity (Wildman–Crippen MR) is 131 cm³/mol. The Kier molecular flexibility index (Phi) is 6.54. The van der Waals surface area contributed by atoms with E-state index in [1.165, 1.54) is 37.6 Å². The quantitative estimate of drug-likeness (QED) is 0.279. The molecule has 3 aromatic rings. The maximum atomic E-state index is 13.3. The monoisotopic (exact) mass is 499 g/mol. The minimum Gasteiger partial charge on any atom is -0.507 e. The molecule has 176 valence electrons. The standard InChI is InChI=1S/C25H22ClNO6S/c1-13-9-10-34-24(13)21-20(22(28)16-12-15(31-2)6-8-18(16)32-3)23(29)25(30)27(21)14-5-7-19(33-4)17(26)11-14/h5-12,21,28H,1-4H3/b22-20-. The van der Waals surface area contributed by atoms with Crippen molar-refractivity contribution in [2.75, 3.05) is 26.2 Å². The molecule has 0 saturated carbocycles. The summed E-state index contributed by atoms with van der Waals surface area (Å²) in [6.07, 6.45) is 0. The third kappa shape index (κ3) is 3.89. The number of carbonyl (C=O) groups is 2. The lowest BCUT2D eigenvalue weighted by atomic mass is 9.97. The number of Topliss-reactive ketones (excluding diaryl/α,β-unsaturated/α-hetero) is 1. The molecule has 1 fully saturated rings. The first kappa shape index (κ1) is 23.7. The molecule has 9 heteroatoms. The third-order valence-electron chi connectivity index (χ3n) is 5.67. The van der Waals surface area contributed by atoms with Gasteiger partial charge in [0.2, 0.25) is 0 Å². The number of thiophene rings is 1. The lowest BCUT2D eigenvalue weighted by molar-refractivity contribution is -0.132. The van der Waals surface area contributed by atoms with Crippen molar-refractivity contribution < 1.29 is 28.9 Å². The smallest absolute Gasteiger partial charge is 0.300 e. The van der Waals surface area contributed by atoms with Crippen LogP contribution in [0.15, 0.2) is 53.4 Å². The topological polar surface area (TPSA) is 85.3 Å². The first-order chi connectivity index (χ1) is 16.3. The van der Waals surface area contributed by atoms with Crippen molar-refractivity contribution in [3.8, 4) is 17.2 Å². The van der Waals surface area contributed by atoms with E-state index in [0.717, 1.165) is 10.4 Å². The predicted octanol–water partition coefficient (Wildman–Crippen LogP) is 5.36. The van der Waals surface area contributed by atoms with Gasteiger partial charge in [0, 0.05) is 10.6 Å². The second-order valence-electron chi connectivity index (χ2n) is 7.52. The second-order valence-corrected chi connectivity index (χ2v) is 8.88. The number of rotatable bonds is 6. The molecule has 1 N–H and O–H groups in total. The number of hydrogen-bond acceptors (Lipinski definition) is 7. The van der Waals surface area contributed by atoms with Gasteiger partial charge in [0.1, 0.15) is 29.0 Å². The number of aryl methyl sites for hydroxylation is 1. The van der Waals surface area contributed by atoms with Crippen LogP contribution in [0.5, 0.6) is 17.2 Å². The number of halogens is 1. The van der Waals surface area contributed by atoms with E-state index in [4.69, 9.17) is 25.8 Å². The van der Waals surface area contributed by atoms with Crippen molar-refractivity contribution in [1.29, 1.82) is 0 Å². The number of aliphatic hydroxyl groups excluding tert-OH is 1. The van der Waals surface area contributed by atoms with Crippen LogP contribution in [0.1, 0.15) is 22.0 Å². The number of carbonyl (C=O) groups excluding carboxylic acids is 2. The maximum absolute atomic E-state index is 13.3. The Labute approximate surface area is 205 Å². The van der Waals surface area contributed by atoms with Crippen LogP contribution >= 0.6 is 22.9 Å². The fraction of sp³-hybridized carbons (Fsp3) is 0.200. The normalized spacial score (nSPS) is 17.2. The van der Waals surface area contributed by atoms with E-state index in [-0.39, 0.29) is 21.9 Å². The zero-order chi connectivity index (χ0) is 24.6. The molecule has 34 heavy (non-hydrogen) atoms. The Balaban J connectivity index is 1.98. The summed E-state index contributed by atoms with van der Waals surface area (Å²) in [6, 6.07) is 10.7. The van der Waals surface area contributed by atoms with E-state index in [0.29, 0.717) is 22.9 Å². The summed E-state index contributed by atoms with van der Waals surface area (Å²) < 4.78 is 15.9. The molecule has 7 nitrogen and oxygen atoms in total. The van der Waals surface area contributed by atoms with Crippen molar-refractivity contribution >= 4 is 46.1 Å². The Morgan fingerprint density at radius 2 is 1.71 bits per heavy atom. The van der Waals surface area contributed by atoms with Crippen LogP contribution in [0.2, 0.25) is 5.02 Å². The first-order valence-electron chi connectivity index (χ1n) is 10.2. The Morgan fingerprint density at radius 3 is 2.29 bits per heavy atom. The lowest BCUT2D eigenvalue weighted by Crippen LogP contribution is -2.29. The lowest BCUT2D eigenvalue weighted by Gasteiger charge is -2.25. The van der Waals surface area contributed by atoms with Gasteiger partial charge >= 0.3 is 0 Å². The highest BCUT2D eigenvalue weighted by molar-refractivity contribution is 7.10. The van der Waals surface area contributed by atoms with Crippen LogP contribution in [0.4, 0.5) is 5.69 Å². The minimum atomic E-state index is -0.861. The molecule has 2 heterocycles. The zero-order valence-electron chi connectivity index (χ0n) is 18.9. The molecule has 4 rings (SSSR count). The van der Waals surface area contributed by atoms with Crippen LogP contribution in [0, 0.1) is 6.92 Å². The van der Waals surface area contributed by atoms with E-state index in [1.54, 1.807) is 36.4 Å². The van der Waals surface area contributed by atoms with Gasteiger partial charge in [0.25, 0.3) is 11.7 Å². The van der Waals surface area contributed by atoms with Gasteiger partial charge in [-0.1, -0.05) is 11.6 Å². The van der Waals surface area contributed by atoms with Crippen LogP contribution in [0.25, 0.3) is 5.76 Å². The average molecular weight is 500 g/mol. The van der Waals surface area contributed by atoms with E-state index in [1.807, 2.05) is 18.4 Å². The highest BCUT2D eigenvalue weighted by atomic mass is 35.5. The fourth-order valence-corrected chi connectivity index (χ4v) is 5.24. The molecule has 0 spiro atoms. The molecule has 2 aromatic carbocycles. The number of hydrogen-bond donors (Lipinski definition) is 1. The highest BCUT2D eigenvalue weighted by Gasteiger charge is 2.48. The molecular formula is C25H22ClNO6S. The molecule has 1 atom stereocenters. The van der Waals surface area contributed by atoms with Gasteiger partial charge in [-0.2, -0.15) is 0 Å². The van der Waals surface area contributed by atoms with E-state index in [2.05, 4.69) is 0 Å². The van der Waals surface area contributed by atoms with Gasteiger partial charge < -0.3 is 19.3 Å². The fourth-order valence-electron chi connectivity index (χ4n) is 3.96. The van der Waals surface area contributed by atoms with Gasteiger partial charge in [-0.25, -0.2) is 0 Å². The molecule has 0 aliphatic carbocycles. The Morgan fingerprint density at radius 1 is 1.00 bits per heavy atom. The van der Waals surface area contributed by atoms with E-state index >= 15 is 0 Å². The Hall–Kier alpha value is -3.49. The maximum Gasteiger partial charge on any atom is 0.300 e. The Bertz CT molecular complexity index is 1310. The molecule has 1 aliphatic rings. The minimum absolute atomic E-state index is 0.0472. The summed E-state index contributed by atoms with van der Waals surface area (Å²) in [4.78, 5) is 28.8. The molecule has 1 amide bonds. The van der Waals surface area contributed by atoms with Gasteiger partial charge in [-0.05, 0) is 60.3 Å². The van der Waals surface area contributed by atoms with E-state index < -0.39 is 17.7 Å². The molecule has 0 radical (unpaired) electrons. The molecule has 1 aliphatic heterocycles. The number of aliphatic hydroxyl groups is 1. The largest absolute Gasteiger partial charge is 0.507 e. The second kappa shape index (κ2) is 9.40. The summed E-state index contributed by atoms with van der Waals surface area (Å²) in [5.41, 5.74) is 1.48. The molecule has 1 saturated heterocycles.